The Kier molecular flexibility index (Phi) is 9.14. The summed E-state index contributed by atoms with van der Waals surface area (Å²) >= 11 is 0. The SMILES string of the molecule is CCN(Cc1nccn1CCCCN(C(C)=O)C1CCOCC1)C(=O)OC(C)(C)C. The molecule has 0 atom stereocenters. The van der Waals surface area contributed by atoms with Gasteiger partial charge in [0.25, 0.3) is 0 Å². The summed E-state index contributed by atoms with van der Waals surface area (Å²) in [6, 6.07) is 0.298. The van der Waals surface area contributed by atoms with E-state index in [4.69, 9.17) is 9.47 Å². The lowest BCUT2D eigenvalue weighted by molar-refractivity contribution is -0.133. The van der Waals surface area contributed by atoms with Crippen molar-refractivity contribution in [2.75, 3.05) is 26.3 Å². The smallest absolute Gasteiger partial charge is 0.410 e. The number of aromatic nitrogens is 2. The van der Waals surface area contributed by atoms with Gasteiger partial charge in [0.1, 0.15) is 11.4 Å². The molecule has 1 aliphatic rings. The summed E-state index contributed by atoms with van der Waals surface area (Å²) in [7, 11) is 0. The number of amides is 2. The first kappa shape index (κ1) is 24.2. The van der Waals surface area contributed by atoms with Crippen molar-refractivity contribution in [3.05, 3.63) is 18.2 Å². The summed E-state index contributed by atoms with van der Waals surface area (Å²) in [4.78, 5) is 32.5. The number of aryl methyl sites for hydroxylation is 1. The number of hydrogen-bond donors (Lipinski definition) is 0. The van der Waals surface area contributed by atoms with Crippen LogP contribution in [0.2, 0.25) is 0 Å². The molecule has 1 fully saturated rings. The number of carbonyl (C=O) groups is 2. The molecule has 170 valence electrons. The maximum atomic E-state index is 12.4. The highest BCUT2D eigenvalue weighted by Crippen LogP contribution is 2.16. The molecule has 1 saturated heterocycles. The number of hydrogen-bond acceptors (Lipinski definition) is 5. The summed E-state index contributed by atoms with van der Waals surface area (Å²) in [5.74, 6) is 0.983. The van der Waals surface area contributed by atoms with E-state index in [1.165, 1.54) is 0 Å². The van der Waals surface area contributed by atoms with Crippen LogP contribution < -0.4 is 0 Å². The van der Waals surface area contributed by atoms with E-state index in [1.54, 1.807) is 18.0 Å². The number of carbonyl (C=O) groups excluding carboxylic acids is 2. The molecular formula is C22H38N4O4. The lowest BCUT2D eigenvalue weighted by Gasteiger charge is -2.33. The van der Waals surface area contributed by atoms with E-state index in [2.05, 4.69) is 9.55 Å². The molecule has 2 heterocycles. The second kappa shape index (κ2) is 11.3. The molecule has 1 aromatic rings. The monoisotopic (exact) mass is 422 g/mol. The van der Waals surface area contributed by atoms with Crippen LogP contribution in [-0.2, 0) is 27.4 Å². The van der Waals surface area contributed by atoms with E-state index < -0.39 is 5.60 Å². The molecule has 0 radical (unpaired) electrons. The van der Waals surface area contributed by atoms with Gasteiger partial charge in [-0.05, 0) is 53.4 Å². The van der Waals surface area contributed by atoms with E-state index in [0.29, 0.717) is 19.1 Å². The van der Waals surface area contributed by atoms with E-state index in [9.17, 15) is 9.59 Å². The molecule has 2 rings (SSSR count). The Balaban J connectivity index is 1.85. The van der Waals surface area contributed by atoms with Crippen LogP contribution in [0.3, 0.4) is 0 Å². The van der Waals surface area contributed by atoms with Crippen LogP contribution in [0.15, 0.2) is 12.4 Å². The van der Waals surface area contributed by atoms with Crippen molar-refractivity contribution in [1.82, 2.24) is 19.4 Å². The molecule has 2 amide bonds. The summed E-state index contributed by atoms with van der Waals surface area (Å²) in [6.07, 6.45) is 7.09. The van der Waals surface area contributed by atoms with Gasteiger partial charge in [0.05, 0.1) is 6.54 Å². The zero-order valence-corrected chi connectivity index (χ0v) is 19.2. The molecular weight excluding hydrogens is 384 g/mol. The largest absolute Gasteiger partial charge is 0.444 e. The first-order chi connectivity index (χ1) is 14.2. The van der Waals surface area contributed by atoms with E-state index >= 15 is 0 Å². The van der Waals surface area contributed by atoms with Gasteiger partial charge in [-0.1, -0.05) is 0 Å². The molecule has 0 unspecified atom stereocenters. The minimum Gasteiger partial charge on any atom is -0.444 e. The topological polar surface area (TPSA) is 76.9 Å². The Morgan fingerprint density at radius 2 is 1.97 bits per heavy atom. The van der Waals surface area contributed by atoms with Gasteiger partial charge in [0, 0.05) is 58.2 Å². The van der Waals surface area contributed by atoms with E-state index in [-0.39, 0.29) is 12.0 Å². The Bertz CT molecular complexity index is 677. The molecule has 1 aliphatic heterocycles. The number of imidazole rings is 1. The average molecular weight is 423 g/mol. The van der Waals surface area contributed by atoms with Crippen molar-refractivity contribution in [2.45, 2.75) is 85.0 Å². The van der Waals surface area contributed by atoms with Gasteiger partial charge in [0.15, 0.2) is 0 Å². The lowest BCUT2D eigenvalue weighted by Crippen LogP contribution is -2.42. The Morgan fingerprint density at radius 3 is 2.57 bits per heavy atom. The van der Waals surface area contributed by atoms with Gasteiger partial charge in [-0.25, -0.2) is 9.78 Å². The van der Waals surface area contributed by atoms with Crippen LogP contribution in [0, 0.1) is 0 Å². The quantitative estimate of drug-likeness (QED) is 0.570. The Morgan fingerprint density at radius 1 is 1.27 bits per heavy atom. The highest BCUT2D eigenvalue weighted by atomic mass is 16.6. The molecule has 30 heavy (non-hydrogen) atoms. The van der Waals surface area contributed by atoms with Crippen LogP contribution in [0.4, 0.5) is 4.79 Å². The van der Waals surface area contributed by atoms with Crippen molar-refractivity contribution < 1.29 is 19.1 Å². The number of nitrogens with zero attached hydrogens (tertiary/aromatic N) is 4. The van der Waals surface area contributed by atoms with Gasteiger partial charge in [-0.15, -0.1) is 0 Å². The maximum Gasteiger partial charge on any atom is 0.410 e. The predicted octanol–water partition coefficient (Wildman–Crippen LogP) is 3.45. The molecule has 1 aromatic heterocycles. The fourth-order valence-electron chi connectivity index (χ4n) is 3.66. The Hall–Kier alpha value is -2.09. The number of rotatable bonds is 9. The summed E-state index contributed by atoms with van der Waals surface area (Å²) < 4.78 is 13.0. The number of ether oxygens (including phenoxy) is 2. The molecule has 0 saturated carbocycles. The first-order valence-electron chi connectivity index (χ1n) is 11.0. The molecule has 0 aromatic carbocycles. The standard InChI is InChI=1S/C22H38N4O4/c1-6-24(21(28)30-22(3,4)5)17-20-23-11-14-25(20)12-7-8-13-26(18(2)27)19-9-15-29-16-10-19/h11,14,19H,6-10,12-13,15-17H2,1-5H3. The molecule has 0 N–H and O–H groups in total. The molecule has 8 heteroatoms. The zero-order valence-electron chi connectivity index (χ0n) is 19.2. The van der Waals surface area contributed by atoms with Crippen molar-refractivity contribution >= 4 is 12.0 Å². The van der Waals surface area contributed by atoms with Gasteiger partial charge in [0.2, 0.25) is 5.91 Å². The van der Waals surface area contributed by atoms with Crippen LogP contribution in [0.25, 0.3) is 0 Å². The lowest BCUT2D eigenvalue weighted by atomic mass is 10.1. The molecule has 0 spiro atoms. The fourth-order valence-corrected chi connectivity index (χ4v) is 3.66. The van der Waals surface area contributed by atoms with E-state index in [0.717, 1.165) is 57.8 Å². The van der Waals surface area contributed by atoms with Gasteiger partial charge >= 0.3 is 6.09 Å². The zero-order chi connectivity index (χ0) is 22.1. The normalized spacial score (nSPS) is 15.1. The fraction of sp³-hybridized carbons (Fsp3) is 0.773. The van der Waals surface area contributed by atoms with Gasteiger partial charge in [-0.3, -0.25) is 4.79 Å². The predicted molar refractivity (Wildman–Crippen MR) is 115 cm³/mol. The average Bonchev–Trinajstić information content (AvgIpc) is 3.12. The molecule has 8 nitrogen and oxygen atoms in total. The van der Waals surface area contributed by atoms with Crippen molar-refractivity contribution in [3.63, 3.8) is 0 Å². The molecule has 0 bridgehead atoms. The third kappa shape index (κ3) is 7.63. The van der Waals surface area contributed by atoms with Crippen LogP contribution in [-0.4, -0.2) is 69.3 Å². The van der Waals surface area contributed by atoms with Crippen molar-refractivity contribution in [1.29, 1.82) is 0 Å². The van der Waals surface area contributed by atoms with E-state index in [1.807, 2.05) is 38.8 Å². The third-order valence-corrected chi connectivity index (χ3v) is 5.25. The first-order valence-corrected chi connectivity index (χ1v) is 11.0. The van der Waals surface area contributed by atoms with Crippen molar-refractivity contribution in [3.8, 4) is 0 Å². The summed E-state index contributed by atoms with van der Waals surface area (Å²) in [5.41, 5.74) is -0.521. The second-order valence-corrected chi connectivity index (χ2v) is 8.79. The number of unbranched alkanes of at least 4 members (excludes halogenated alkanes) is 1. The highest BCUT2D eigenvalue weighted by Gasteiger charge is 2.24. The van der Waals surface area contributed by atoms with Gasteiger partial charge < -0.3 is 23.8 Å². The second-order valence-electron chi connectivity index (χ2n) is 8.79. The van der Waals surface area contributed by atoms with Crippen LogP contribution in [0.1, 0.15) is 66.1 Å². The van der Waals surface area contributed by atoms with Crippen LogP contribution >= 0.6 is 0 Å². The minimum absolute atomic E-state index is 0.140. The summed E-state index contributed by atoms with van der Waals surface area (Å²) in [6.45, 7) is 13.2. The third-order valence-electron chi connectivity index (χ3n) is 5.25. The Labute approximate surface area is 180 Å². The van der Waals surface area contributed by atoms with Crippen LogP contribution in [0.5, 0.6) is 0 Å². The minimum atomic E-state index is -0.521. The summed E-state index contributed by atoms with van der Waals surface area (Å²) in [5, 5.41) is 0. The van der Waals surface area contributed by atoms with Gasteiger partial charge in [-0.2, -0.15) is 0 Å². The van der Waals surface area contributed by atoms with Crippen molar-refractivity contribution in [2.24, 2.45) is 0 Å². The maximum absolute atomic E-state index is 12.4. The highest BCUT2D eigenvalue weighted by molar-refractivity contribution is 5.73. The molecule has 0 aliphatic carbocycles.